The first-order valence-electron chi connectivity index (χ1n) is 13.3. The fourth-order valence-electron chi connectivity index (χ4n) is 6.27. The van der Waals surface area contributed by atoms with Gasteiger partial charge in [-0.1, -0.05) is 0 Å². The van der Waals surface area contributed by atoms with Gasteiger partial charge in [-0.3, -0.25) is 9.59 Å². The van der Waals surface area contributed by atoms with E-state index >= 15 is 0 Å². The van der Waals surface area contributed by atoms with Crippen molar-refractivity contribution in [3.63, 3.8) is 0 Å². The molecule has 1 aromatic carbocycles. The maximum absolute atomic E-state index is 13.2. The van der Waals surface area contributed by atoms with Crippen LogP contribution < -0.4 is 5.32 Å². The number of nitrogens with zero attached hydrogens (tertiary/aromatic N) is 4. The van der Waals surface area contributed by atoms with Gasteiger partial charge in [-0.2, -0.15) is 0 Å². The predicted molar refractivity (Wildman–Crippen MR) is 147 cm³/mol. The van der Waals surface area contributed by atoms with Crippen molar-refractivity contribution >= 4 is 45.1 Å². The van der Waals surface area contributed by atoms with Gasteiger partial charge in [0.25, 0.3) is 5.91 Å². The monoisotopic (exact) mass is 535 g/mol. The number of fused-ring (bicyclic) bond motifs is 1. The summed E-state index contributed by atoms with van der Waals surface area (Å²) in [6, 6.07) is 5.95. The molecule has 0 radical (unpaired) electrons. The molecule has 1 spiro atoms. The average Bonchev–Trinajstić information content (AvgIpc) is 3.63. The first-order valence-corrected chi connectivity index (χ1v) is 15.3. The van der Waals surface area contributed by atoms with Crippen molar-refractivity contribution < 1.29 is 9.59 Å². The smallest absolute Gasteiger partial charge is 0.253 e. The van der Waals surface area contributed by atoms with Crippen LogP contribution in [-0.4, -0.2) is 57.6 Å². The molecule has 0 unspecified atom stereocenters. The largest absolute Gasteiger partial charge is 0.356 e. The summed E-state index contributed by atoms with van der Waals surface area (Å²) in [5.41, 5.74) is 1.78. The number of thiazole rings is 1. The Morgan fingerprint density at radius 1 is 1.16 bits per heavy atom. The number of likely N-dealkylation sites (tertiary alicyclic amines) is 1. The summed E-state index contributed by atoms with van der Waals surface area (Å²) < 4.78 is 1.09. The summed E-state index contributed by atoms with van der Waals surface area (Å²) in [5.74, 6) is 2.49. The lowest BCUT2D eigenvalue weighted by Crippen LogP contribution is -2.44. The number of benzene rings is 1. The molecule has 1 saturated carbocycles. The van der Waals surface area contributed by atoms with Gasteiger partial charge in [-0.05, 0) is 73.8 Å². The Morgan fingerprint density at radius 3 is 2.62 bits per heavy atom. The van der Waals surface area contributed by atoms with E-state index in [0.29, 0.717) is 18.3 Å². The van der Waals surface area contributed by atoms with Crippen molar-refractivity contribution in [3.8, 4) is 0 Å². The number of hydrogen-bond donors (Lipinski definition) is 1. The Balaban J connectivity index is 1.05. The maximum atomic E-state index is 13.2. The van der Waals surface area contributed by atoms with Gasteiger partial charge in [-0.15, -0.1) is 23.1 Å². The van der Waals surface area contributed by atoms with Gasteiger partial charge >= 0.3 is 0 Å². The molecule has 4 heterocycles. The molecule has 7 nitrogen and oxygen atoms in total. The van der Waals surface area contributed by atoms with E-state index in [-0.39, 0.29) is 17.2 Å². The van der Waals surface area contributed by atoms with Gasteiger partial charge in [0, 0.05) is 61.7 Å². The number of aromatic nitrogens is 3. The van der Waals surface area contributed by atoms with Crippen molar-refractivity contribution in [1.29, 1.82) is 0 Å². The first-order chi connectivity index (χ1) is 18.0. The second-order valence-electron chi connectivity index (χ2n) is 11.0. The van der Waals surface area contributed by atoms with Crippen LogP contribution in [0, 0.1) is 17.3 Å². The molecule has 194 valence electrons. The molecule has 3 aliphatic rings. The summed E-state index contributed by atoms with van der Waals surface area (Å²) in [5, 5.41) is 4.14. The normalized spacial score (nSPS) is 23.2. The first kappa shape index (κ1) is 24.8. The maximum Gasteiger partial charge on any atom is 0.253 e. The topological polar surface area (TPSA) is 88.1 Å². The molecule has 37 heavy (non-hydrogen) atoms. The Hall–Kier alpha value is -2.52. The highest BCUT2D eigenvalue weighted by Crippen LogP contribution is 2.39. The van der Waals surface area contributed by atoms with E-state index < -0.39 is 0 Å². The van der Waals surface area contributed by atoms with Crippen molar-refractivity contribution in [2.75, 3.05) is 25.9 Å². The molecule has 9 heteroatoms. The highest BCUT2D eigenvalue weighted by Gasteiger charge is 2.41. The molecule has 1 aliphatic carbocycles. The Morgan fingerprint density at radius 2 is 1.92 bits per heavy atom. The van der Waals surface area contributed by atoms with Gasteiger partial charge in [0.05, 0.1) is 15.2 Å². The van der Waals surface area contributed by atoms with E-state index in [2.05, 4.69) is 15.3 Å². The zero-order valence-corrected chi connectivity index (χ0v) is 22.9. The van der Waals surface area contributed by atoms with Gasteiger partial charge in [0.1, 0.15) is 5.82 Å². The molecular weight excluding hydrogens is 502 g/mol. The van der Waals surface area contributed by atoms with Crippen molar-refractivity contribution in [2.45, 2.75) is 56.3 Å². The summed E-state index contributed by atoms with van der Waals surface area (Å²) in [7, 11) is 0. The zero-order valence-electron chi connectivity index (χ0n) is 21.2. The van der Waals surface area contributed by atoms with Gasteiger partial charge in [-0.25, -0.2) is 15.0 Å². The van der Waals surface area contributed by atoms with Gasteiger partial charge in [0.2, 0.25) is 5.91 Å². The van der Waals surface area contributed by atoms with Crippen molar-refractivity contribution in [1.82, 2.24) is 25.2 Å². The number of hydrogen-bond acceptors (Lipinski definition) is 7. The van der Waals surface area contributed by atoms with E-state index in [1.807, 2.05) is 41.7 Å². The van der Waals surface area contributed by atoms with Crippen molar-refractivity contribution in [3.05, 3.63) is 47.0 Å². The molecule has 3 fully saturated rings. The quantitative estimate of drug-likeness (QED) is 0.458. The lowest BCUT2D eigenvalue weighted by Gasteiger charge is -2.38. The number of thioether (sulfide) groups is 1. The summed E-state index contributed by atoms with van der Waals surface area (Å²) in [4.78, 5) is 42.0. The third-order valence-electron chi connectivity index (χ3n) is 8.49. The summed E-state index contributed by atoms with van der Waals surface area (Å²) >= 11 is 3.40. The van der Waals surface area contributed by atoms with Crippen LogP contribution in [0.15, 0.2) is 35.5 Å². The minimum atomic E-state index is 0.0511. The SMILES string of the molecule is CSc1cnc(C[C@H]2CC[C@H](Cc3nc4ccc(C(=O)N5CCC6(CC5)CNC(=O)C6)cc4s3)C2)nc1. The molecule has 1 N–H and O–H groups in total. The fourth-order valence-corrected chi connectivity index (χ4v) is 7.71. The van der Waals surface area contributed by atoms with Gasteiger partial charge in [0.15, 0.2) is 0 Å². The van der Waals surface area contributed by atoms with Crippen LogP contribution >= 0.6 is 23.1 Å². The number of piperidine rings is 1. The summed E-state index contributed by atoms with van der Waals surface area (Å²) in [6.07, 6.45) is 13.9. The molecule has 0 bridgehead atoms. The third kappa shape index (κ3) is 5.39. The number of amides is 2. The number of carbonyl (C=O) groups excluding carboxylic acids is 2. The Bertz CT molecular complexity index is 1300. The van der Waals surface area contributed by atoms with E-state index in [0.717, 1.165) is 71.8 Å². The Kier molecular flexibility index (Phi) is 6.92. The minimum Gasteiger partial charge on any atom is -0.356 e. The number of nitrogens with one attached hydrogen (secondary N) is 1. The lowest BCUT2D eigenvalue weighted by molar-refractivity contribution is -0.119. The Labute approximate surface area is 225 Å². The molecule has 2 aliphatic heterocycles. The standard InChI is InChI=1S/C28H33N5O2S2/c1-36-21-15-29-24(30-16-21)11-18-2-3-19(10-18)12-26-32-22-5-4-20(13-23(22)37-26)27(35)33-8-6-28(7-9-33)14-25(34)31-17-28/h4-5,13,15-16,18-19H,2-3,6-12,14,17H2,1H3,(H,31,34)/t18-,19-/m0/s1. The number of carbonyl (C=O) groups is 2. The molecule has 3 aromatic rings. The lowest BCUT2D eigenvalue weighted by atomic mass is 9.77. The van der Waals surface area contributed by atoms with Gasteiger partial charge < -0.3 is 10.2 Å². The molecule has 2 aromatic heterocycles. The van der Waals surface area contributed by atoms with Crippen LogP contribution in [0.25, 0.3) is 10.2 Å². The van der Waals surface area contributed by atoms with Crippen LogP contribution in [0.1, 0.15) is 59.7 Å². The van der Waals surface area contributed by atoms with Crippen molar-refractivity contribution in [2.24, 2.45) is 17.3 Å². The van der Waals surface area contributed by atoms with Crippen LogP contribution in [-0.2, 0) is 17.6 Å². The van der Waals surface area contributed by atoms with E-state index in [1.165, 1.54) is 24.3 Å². The highest BCUT2D eigenvalue weighted by molar-refractivity contribution is 7.98. The number of rotatable bonds is 6. The second kappa shape index (κ2) is 10.3. The third-order valence-corrected chi connectivity index (χ3v) is 10.2. The second-order valence-corrected chi connectivity index (χ2v) is 13.0. The molecule has 6 rings (SSSR count). The van der Waals surface area contributed by atoms with E-state index in [9.17, 15) is 9.59 Å². The molecule has 2 saturated heterocycles. The summed E-state index contributed by atoms with van der Waals surface area (Å²) in [6.45, 7) is 2.19. The molecule has 2 atom stereocenters. The minimum absolute atomic E-state index is 0.0511. The highest BCUT2D eigenvalue weighted by atomic mass is 32.2. The molecule has 2 amide bonds. The predicted octanol–water partition coefficient (Wildman–Crippen LogP) is 4.75. The van der Waals surface area contributed by atoms with Crippen LogP contribution in [0.5, 0.6) is 0 Å². The molecular formula is C28H33N5O2S2. The zero-order chi connectivity index (χ0) is 25.4. The average molecular weight is 536 g/mol. The van der Waals surface area contributed by atoms with Crippen LogP contribution in [0.4, 0.5) is 0 Å². The fraction of sp³-hybridized carbons (Fsp3) is 0.536. The van der Waals surface area contributed by atoms with Crippen LogP contribution in [0.3, 0.4) is 0 Å². The van der Waals surface area contributed by atoms with E-state index in [4.69, 9.17) is 4.98 Å². The van der Waals surface area contributed by atoms with E-state index in [1.54, 1.807) is 23.1 Å². The van der Waals surface area contributed by atoms with Crippen LogP contribution in [0.2, 0.25) is 0 Å².